The standard InChI is InChI=1S/C66H46N4/c1-5-24-51(25-6-1)67(52-26-7-2-8-27-52)55-41-49(43-57(45-55)69-63-36-17-13-32-59(63)60-33-14-18-37-64(60)69)47-22-21-23-48(40-47)50-42-56(68(53-28-9-3-10-29-53)54-30-11-4-12-31-54)46-58(44-50)70-65-38-19-15-34-61(65)62-35-16-20-39-66(62)70/h1-46H. The van der Waals surface area contributed by atoms with Crippen LogP contribution in [-0.4, -0.2) is 9.13 Å². The third kappa shape index (κ3) is 7.18. The van der Waals surface area contributed by atoms with Crippen molar-refractivity contribution in [2.45, 2.75) is 0 Å². The Labute approximate surface area is 407 Å². The van der Waals surface area contributed by atoms with Gasteiger partial charge in [-0.05, 0) is 138 Å². The molecule has 0 spiro atoms. The lowest BCUT2D eigenvalue weighted by atomic mass is 9.97. The molecular weight excluding hydrogens is 849 g/mol. The molecule has 0 bridgehead atoms. The lowest BCUT2D eigenvalue weighted by Gasteiger charge is -2.27. The Morgan fingerprint density at radius 2 is 0.486 bits per heavy atom. The number of aromatic nitrogens is 2. The molecule has 0 aliphatic rings. The molecule has 0 aliphatic heterocycles. The average molecular weight is 895 g/mol. The Morgan fingerprint density at radius 1 is 0.200 bits per heavy atom. The molecule has 0 atom stereocenters. The van der Waals surface area contributed by atoms with Crippen LogP contribution in [0.4, 0.5) is 34.1 Å². The van der Waals surface area contributed by atoms with Crippen molar-refractivity contribution in [1.29, 1.82) is 0 Å². The van der Waals surface area contributed by atoms with Crippen molar-refractivity contribution in [2.75, 3.05) is 9.80 Å². The van der Waals surface area contributed by atoms with Gasteiger partial charge in [-0.15, -0.1) is 0 Å². The first-order chi connectivity index (χ1) is 34.7. The summed E-state index contributed by atoms with van der Waals surface area (Å²) in [4.78, 5) is 4.74. The lowest BCUT2D eigenvalue weighted by Crippen LogP contribution is -2.11. The molecule has 0 fully saturated rings. The topological polar surface area (TPSA) is 16.3 Å². The number of rotatable bonds is 10. The molecule has 11 aromatic carbocycles. The molecule has 4 heteroatoms. The van der Waals surface area contributed by atoms with Crippen molar-refractivity contribution in [3.63, 3.8) is 0 Å². The normalized spacial score (nSPS) is 11.4. The Hall–Kier alpha value is -9.38. The Morgan fingerprint density at radius 3 is 0.800 bits per heavy atom. The van der Waals surface area contributed by atoms with Crippen LogP contribution < -0.4 is 9.80 Å². The van der Waals surface area contributed by atoms with Gasteiger partial charge in [-0.1, -0.05) is 164 Å². The van der Waals surface area contributed by atoms with Gasteiger partial charge in [0, 0.05) is 67.0 Å². The zero-order valence-corrected chi connectivity index (χ0v) is 38.3. The van der Waals surface area contributed by atoms with Crippen molar-refractivity contribution in [2.24, 2.45) is 0 Å². The minimum absolute atomic E-state index is 1.06. The first kappa shape index (κ1) is 40.9. The van der Waals surface area contributed by atoms with Crippen LogP contribution in [0.5, 0.6) is 0 Å². The molecule has 0 radical (unpaired) electrons. The van der Waals surface area contributed by atoms with E-state index in [9.17, 15) is 0 Å². The van der Waals surface area contributed by atoms with E-state index < -0.39 is 0 Å². The fraction of sp³-hybridized carbons (Fsp3) is 0. The summed E-state index contributed by atoms with van der Waals surface area (Å²) in [5.41, 5.74) is 17.8. The molecule has 4 nitrogen and oxygen atoms in total. The van der Waals surface area contributed by atoms with Gasteiger partial charge in [0.15, 0.2) is 0 Å². The summed E-state index contributed by atoms with van der Waals surface area (Å²) in [6, 6.07) is 101. The van der Waals surface area contributed by atoms with Gasteiger partial charge in [0.25, 0.3) is 0 Å². The molecule has 0 N–H and O–H groups in total. The second kappa shape index (κ2) is 17.4. The van der Waals surface area contributed by atoms with Crippen LogP contribution in [0, 0.1) is 0 Å². The lowest BCUT2D eigenvalue weighted by molar-refractivity contribution is 1.17. The SMILES string of the molecule is c1ccc(N(c2ccccc2)c2cc(-c3cccc(-c4cc(N(c5ccccc5)c5ccccc5)cc(-n5c6ccccc6c6ccccc65)c4)c3)cc(-n3c4ccccc4c4ccccc43)c2)cc1. The molecule has 2 aromatic heterocycles. The fourth-order valence-corrected chi connectivity index (χ4v) is 10.5. The first-order valence-corrected chi connectivity index (χ1v) is 23.9. The van der Waals surface area contributed by atoms with Gasteiger partial charge >= 0.3 is 0 Å². The van der Waals surface area contributed by atoms with E-state index in [0.29, 0.717) is 0 Å². The van der Waals surface area contributed by atoms with E-state index in [4.69, 9.17) is 0 Å². The van der Waals surface area contributed by atoms with Crippen molar-refractivity contribution >= 4 is 77.7 Å². The predicted molar refractivity (Wildman–Crippen MR) is 295 cm³/mol. The van der Waals surface area contributed by atoms with E-state index in [2.05, 4.69) is 298 Å². The summed E-state index contributed by atoms with van der Waals surface area (Å²) < 4.78 is 4.86. The maximum Gasteiger partial charge on any atom is 0.0541 e. The van der Waals surface area contributed by atoms with E-state index in [-0.39, 0.29) is 0 Å². The van der Waals surface area contributed by atoms with Gasteiger partial charge in [0.2, 0.25) is 0 Å². The van der Waals surface area contributed by atoms with Crippen LogP contribution >= 0.6 is 0 Å². The molecule has 0 amide bonds. The summed E-state index contributed by atoms with van der Waals surface area (Å²) in [6.07, 6.45) is 0. The van der Waals surface area contributed by atoms with Crippen LogP contribution in [0.1, 0.15) is 0 Å². The fourth-order valence-electron chi connectivity index (χ4n) is 10.5. The number of benzene rings is 11. The molecular formula is C66H46N4. The molecule has 0 saturated carbocycles. The second-order valence-corrected chi connectivity index (χ2v) is 17.8. The average Bonchev–Trinajstić information content (AvgIpc) is 3.95. The summed E-state index contributed by atoms with van der Waals surface area (Å²) in [5, 5.41) is 4.92. The summed E-state index contributed by atoms with van der Waals surface area (Å²) in [7, 11) is 0. The predicted octanol–water partition coefficient (Wildman–Crippen LogP) is 18.2. The Bertz CT molecular complexity index is 3560. The van der Waals surface area contributed by atoms with E-state index >= 15 is 0 Å². The highest BCUT2D eigenvalue weighted by molar-refractivity contribution is 6.10. The van der Waals surface area contributed by atoms with E-state index in [0.717, 1.165) is 67.8 Å². The summed E-state index contributed by atoms with van der Waals surface area (Å²) in [5.74, 6) is 0. The number of hydrogen-bond acceptors (Lipinski definition) is 2. The van der Waals surface area contributed by atoms with Crippen molar-refractivity contribution < 1.29 is 0 Å². The molecule has 0 saturated heterocycles. The third-order valence-corrected chi connectivity index (χ3v) is 13.6. The van der Waals surface area contributed by atoms with Gasteiger partial charge < -0.3 is 18.9 Å². The summed E-state index contributed by atoms with van der Waals surface area (Å²) >= 11 is 0. The zero-order valence-electron chi connectivity index (χ0n) is 38.3. The van der Waals surface area contributed by atoms with Crippen LogP contribution in [-0.2, 0) is 0 Å². The Balaban J connectivity index is 1.05. The monoisotopic (exact) mass is 894 g/mol. The third-order valence-electron chi connectivity index (χ3n) is 13.6. The van der Waals surface area contributed by atoms with Gasteiger partial charge in [0.1, 0.15) is 0 Å². The molecule has 13 aromatic rings. The minimum Gasteiger partial charge on any atom is -0.310 e. The number of nitrogens with zero attached hydrogens (tertiary/aromatic N) is 4. The van der Waals surface area contributed by atoms with Crippen LogP contribution in [0.3, 0.4) is 0 Å². The summed E-state index contributed by atoms with van der Waals surface area (Å²) in [6.45, 7) is 0. The Kier molecular flexibility index (Phi) is 10.1. The van der Waals surface area contributed by atoms with E-state index in [1.165, 1.54) is 43.6 Å². The van der Waals surface area contributed by atoms with Crippen molar-refractivity contribution in [1.82, 2.24) is 9.13 Å². The number of anilines is 6. The molecule has 0 unspecified atom stereocenters. The van der Waals surface area contributed by atoms with Gasteiger partial charge in [-0.25, -0.2) is 0 Å². The van der Waals surface area contributed by atoms with Crippen molar-refractivity contribution in [3.05, 3.63) is 279 Å². The smallest absolute Gasteiger partial charge is 0.0541 e. The van der Waals surface area contributed by atoms with Crippen LogP contribution in [0.25, 0.3) is 77.2 Å². The number of para-hydroxylation sites is 8. The van der Waals surface area contributed by atoms with Gasteiger partial charge in [-0.2, -0.15) is 0 Å². The quantitative estimate of drug-likeness (QED) is 0.136. The van der Waals surface area contributed by atoms with Crippen LogP contribution in [0.15, 0.2) is 279 Å². The zero-order chi connectivity index (χ0) is 46.4. The molecule has 2 heterocycles. The highest BCUT2D eigenvalue weighted by Gasteiger charge is 2.21. The highest BCUT2D eigenvalue weighted by atomic mass is 15.2. The first-order valence-electron chi connectivity index (χ1n) is 23.9. The molecule has 0 aliphatic carbocycles. The minimum atomic E-state index is 1.06. The van der Waals surface area contributed by atoms with E-state index in [1.54, 1.807) is 0 Å². The molecule has 330 valence electrons. The van der Waals surface area contributed by atoms with Crippen LogP contribution in [0.2, 0.25) is 0 Å². The number of fused-ring (bicyclic) bond motifs is 6. The van der Waals surface area contributed by atoms with E-state index in [1.807, 2.05) is 0 Å². The number of hydrogen-bond donors (Lipinski definition) is 0. The second-order valence-electron chi connectivity index (χ2n) is 17.8. The maximum absolute atomic E-state index is 2.43. The largest absolute Gasteiger partial charge is 0.310 e. The highest BCUT2D eigenvalue weighted by Crippen LogP contribution is 2.44. The van der Waals surface area contributed by atoms with Gasteiger partial charge in [-0.3, -0.25) is 0 Å². The van der Waals surface area contributed by atoms with Gasteiger partial charge in [0.05, 0.1) is 22.1 Å². The van der Waals surface area contributed by atoms with Crippen molar-refractivity contribution in [3.8, 4) is 33.6 Å². The maximum atomic E-state index is 2.43. The molecule has 70 heavy (non-hydrogen) atoms. The molecule has 13 rings (SSSR count).